The zero-order chi connectivity index (χ0) is 13.7. The zero-order valence-electron chi connectivity index (χ0n) is 11.0. The second-order valence-corrected chi connectivity index (χ2v) is 4.49. The maximum Gasteiger partial charge on any atom is 0.127 e. The van der Waals surface area contributed by atoms with Crippen LogP contribution in [0, 0.1) is 0 Å². The van der Waals surface area contributed by atoms with E-state index < -0.39 is 0 Å². The van der Waals surface area contributed by atoms with Gasteiger partial charge in [-0.3, -0.25) is 0 Å². The number of rotatable bonds is 5. The van der Waals surface area contributed by atoms with E-state index in [1.165, 1.54) is 0 Å². The van der Waals surface area contributed by atoms with Crippen LogP contribution in [0.2, 0.25) is 0 Å². The van der Waals surface area contributed by atoms with E-state index >= 15 is 0 Å². The first-order valence-corrected chi connectivity index (χ1v) is 6.46. The van der Waals surface area contributed by atoms with E-state index in [9.17, 15) is 0 Å². The SMILES string of the molecule is CCC(N)c1ccc(Oc2cccc(CO)c2)cc1. The van der Waals surface area contributed by atoms with Gasteiger partial charge in [-0.25, -0.2) is 0 Å². The summed E-state index contributed by atoms with van der Waals surface area (Å²) in [6, 6.07) is 15.3. The van der Waals surface area contributed by atoms with Crippen molar-refractivity contribution >= 4 is 0 Å². The molecule has 0 aliphatic heterocycles. The third-order valence-electron chi connectivity index (χ3n) is 3.06. The zero-order valence-corrected chi connectivity index (χ0v) is 11.0. The Hall–Kier alpha value is -1.84. The molecule has 1 unspecified atom stereocenters. The van der Waals surface area contributed by atoms with E-state index in [0.717, 1.165) is 29.0 Å². The minimum Gasteiger partial charge on any atom is -0.457 e. The second kappa shape index (κ2) is 6.36. The van der Waals surface area contributed by atoms with Crippen LogP contribution < -0.4 is 10.5 Å². The molecule has 0 fully saturated rings. The van der Waals surface area contributed by atoms with Crippen molar-refractivity contribution in [1.82, 2.24) is 0 Å². The Kier molecular flexibility index (Phi) is 4.55. The average Bonchev–Trinajstić information content (AvgIpc) is 2.47. The van der Waals surface area contributed by atoms with E-state index in [2.05, 4.69) is 6.92 Å². The molecule has 0 spiro atoms. The van der Waals surface area contributed by atoms with Crippen LogP contribution >= 0.6 is 0 Å². The fraction of sp³-hybridized carbons (Fsp3) is 0.250. The van der Waals surface area contributed by atoms with Crippen LogP contribution in [0.3, 0.4) is 0 Å². The van der Waals surface area contributed by atoms with Gasteiger partial charge in [0.2, 0.25) is 0 Å². The molecule has 0 amide bonds. The van der Waals surface area contributed by atoms with E-state index in [1.54, 1.807) is 0 Å². The van der Waals surface area contributed by atoms with Crippen molar-refractivity contribution in [2.75, 3.05) is 0 Å². The second-order valence-electron chi connectivity index (χ2n) is 4.49. The Morgan fingerprint density at radius 1 is 1.11 bits per heavy atom. The normalized spacial score (nSPS) is 12.2. The van der Waals surface area contributed by atoms with E-state index in [1.807, 2.05) is 48.5 Å². The van der Waals surface area contributed by atoms with Crippen LogP contribution in [-0.4, -0.2) is 5.11 Å². The van der Waals surface area contributed by atoms with Crippen molar-refractivity contribution in [3.8, 4) is 11.5 Å². The van der Waals surface area contributed by atoms with E-state index in [-0.39, 0.29) is 12.6 Å². The molecule has 100 valence electrons. The maximum absolute atomic E-state index is 9.08. The minimum atomic E-state index is 0.0154. The van der Waals surface area contributed by atoms with Crippen LogP contribution in [0.4, 0.5) is 0 Å². The molecule has 0 saturated heterocycles. The minimum absolute atomic E-state index is 0.0154. The van der Waals surface area contributed by atoms with Crippen molar-refractivity contribution in [2.24, 2.45) is 5.73 Å². The van der Waals surface area contributed by atoms with Gasteiger partial charge >= 0.3 is 0 Å². The third-order valence-corrected chi connectivity index (χ3v) is 3.06. The summed E-state index contributed by atoms with van der Waals surface area (Å²) in [5.74, 6) is 1.49. The first kappa shape index (κ1) is 13.6. The number of hydrogen-bond acceptors (Lipinski definition) is 3. The van der Waals surface area contributed by atoms with Gasteiger partial charge in [-0.2, -0.15) is 0 Å². The van der Waals surface area contributed by atoms with Crippen molar-refractivity contribution in [2.45, 2.75) is 26.0 Å². The third kappa shape index (κ3) is 3.56. The first-order chi connectivity index (χ1) is 9.22. The summed E-state index contributed by atoms with van der Waals surface area (Å²) in [4.78, 5) is 0. The van der Waals surface area contributed by atoms with Gasteiger partial charge in [0, 0.05) is 6.04 Å². The largest absolute Gasteiger partial charge is 0.457 e. The molecule has 0 aliphatic carbocycles. The van der Waals surface area contributed by atoms with Gasteiger partial charge in [-0.15, -0.1) is 0 Å². The molecule has 3 nitrogen and oxygen atoms in total. The van der Waals surface area contributed by atoms with Gasteiger partial charge in [-0.1, -0.05) is 31.2 Å². The van der Waals surface area contributed by atoms with Crippen molar-refractivity contribution in [3.63, 3.8) is 0 Å². The summed E-state index contributed by atoms with van der Waals surface area (Å²) in [5.41, 5.74) is 7.91. The first-order valence-electron chi connectivity index (χ1n) is 6.46. The summed E-state index contributed by atoms with van der Waals surface area (Å²) >= 11 is 0. The lowest BCUT2D eigenvalue weighted by atomic mass is 10.1. The Labute approximate surface area is 113 Å². The number of nitrogens with two attached hydrogens (primary N) is 1. The highest BCUT2D eigenvalue weighted by atomic mass is 16.5. The van der Waals surface area contributed by atoms with Crippen LogP contribution in [0.5, 0.6) is 11.5 Å². The lowest BCUT2D eigenvalue weighted by Crippen LogP contribution is -2.07. The van der Waals surface area contributed by atoms with Crippen LogP contribution in [0.25, 0.3) is 0 Å². The van der Waals surface area contributed by atoms with Crippen molar-refractivity contribution in [1.29, 1.82) is 0 Å². The van der Waals surface area contributed by atoms with E-state index in [0.29, 0.717) is 0 Å². The monoisotopic (exact) mass is 257 g/mol. The molecule has 19 heavy (non-hydrogen) atoms. The van der Waals surface area contributed by atoms with Crippen LogP contribution in [0.15, 0.2) is 48.5 Å². The highest BCUT2D eigenvalue weighted by molar-refractivity contribution is 5.35. The molecule has 0 bridgehead atoms. The van der Waals surface area contributed by atoms with Gasteiger partial charge < -0.3 is 15.6 Å². The van der Waals surface area contributed by atoms with E-state index in [4.69, 9.17) is 15.6 Å². The Bertz CT molecular complexity index is 523. The summed E-state index contributed by atoms with van der Waals surface area (Å²) < 4.78 is 5.74. The predicted octanol–water partition coefficient (Wildman–Crippen LogP) is 3.38. The number of hydrogen-bond donors (Lipinski definition) is 2. The smallest absolute Gasteiger partial charge is 0.127 e. The van der Waals surface area contributed by atoms with Gasteiger partial charge in [0.25, 0.3) is 0 Å². The topological polar surface area (TPSA) is 55.5 Å². The molecular formula is C16H19NO2. The molecule has 1 atom stereocenters. The Morgan fingerprint density at radius 2 is 1.84 bits per heavy atom. The Balaban J connectivity index is 2.10. The van der Waals surface area contributed by atoms with Gasteiger partial charge in [0.1, 0.15) is 11.5 Å². The fourth-order valence-electron chi connectivity index (χ4n) is 1.86. The highest BCUT2D eigenvalue weighted by Gasteiger charge is 2.04. The number of benzene rings is 2. The lowest BCUT2D eigenvalue weighted by Gasteiger charge is -2.11. The van der Waals surface area contributed by atoms with Crippen molar-refractivity contribution in [3.05, 3.63) is 59.7 Å². The molecule has 3 heteroatoms. The number of aliphatic hydroxyl groups excluding tert-OH is 1. The average molecular weight is 257 g/mol. The lowest BCUT2D eigenvalue weighted by molar-refractivity contribution is 0.281. The fourth-order valence-corrected chi connectivity index (χ4v) is 1.86. The summed E-state index contributed by atoms with van der Waals surface area (Å²) in [7, 11) is 0. The molecule has 0 heterocycles. The molecule has 0 aliphatic rings. The summed E-state index contributed by atoms with van der Waals surface area (Å²) in [6.45, 7) is 2.08. The Morgan fingerprint density at radius 3 is 2.47 bits per heavy atom. The maximum atomic E-state index is 9.08. The molecule has 0 saturated carbocycles. The molecule has 2 rings (SSSR count). The number of aliphatic hydroxyl groups is 1. The molecular weight excluding hydrogens is 238 g/mol. The number of ether oxygens (including phenoxy) is 1. The highest BCUT2D eigenvalue weighted by Crippen LogP contribution is 2.24. The predicted molar refractivity (Wildman–Crippen MR) is 76.1 cm³/mol. The standard InChI is InChI=1S/C16H19NO2/c1-2-16(17)13-6-8-14(9-7-13)19-15-5-3-4-12(10-15)11-18/h3-10,16,18H,2,11,17H2,1H3. The van der Waals surface area contributed by atoms with Gasteiger partial charge in [0.15, 0.2) is 0 Å². The van der Waals surface area contributed by atoms with Crippen LogP contribution in [-0.2, 0) is 6.61 Å². The van der Waals surface area contributed by atoms with Gasteiger partial charge in [-0.05, 0) is 41.8 Å². The van der Waals surface area contributed by atoms with Crippen LogP contribution in [0.1, 0.15) is 30.5 Å². The van der Waals surface area contributed by atoms with Crippen molar-refractivity contribution < 1.29 is 9.84 Å². The summed E-state index contributed by atoms with van der Waals surface area (Å²) in [5, 5.41) is 9.08. The molecule has 2 aromatic carbocycles. The molecule has 2 aromatic rings. The van der Waals surface area contributed by atoms with Gasteiger partial charge in [0.05, 0.1) is 6.61 Å². The summed E-state index contributed by atoms with van der Waals surface area (Å²) in [6.07, 6.45) is 0.915. The molecule has 3 N–H and O–H groups in total. The quantitative estimate of drug-likeness (QED) is 0.863. The molecule has 0 aromatic heterocycles. The molecule has 0 radical (unpaired) electrons.